The van der Waals surface area contributed by atoms with Crippen LogP contribution >= 0.6 is 0 Å². The van der Waals surface area contributed by atoms with E-state index < -0.39 is 5.54 Å². The van der Waals surface area contributed by atoms with E-state index in [1.807, 2.05) is 30.3 Å². The zero-order valence-corrected chi connectivity index (χ0v) is 9.48. The average molecular weight is 230 g/mol. The number of carbonyl (C=O) groups excluding carboxylic acids is 1. The third-order valence-corrected chi connectivity index (χ3v) is 2.99. The lowest BCUT2D eigenvalue weighted by Gasteiger charge is -2.24. The molecule has 17 heavy (non-hydrogen) atoms. The molecule has 0 bridgehead atoms. The van der Waals surface area contributed by atoms with Gasteiger partial charge in [0.05, 0.1) is 26.1 Å². The molecular formula is C13H14N2O2. The number of para-hydroxylation sites is 1. The molecule has 1 aromatic rings. The van der Waals surface area contributed by atoms with Crippen molar-refractivity contribution in [2.45, 2.75) is 18.4 Å². The van der Waals surface area contributed by atoms with Gasteiger partial charge in [0.1, 0.15) is 0 Å². The van der Waals surface area contributed by atoms with Crippen molar-refractivity contribution in [3.05, 3.63) is 41.7 Å². The largest absolute Gasteiger partial charge is 0.381 e. The second-order valence-electron chi connectivity index (χ2n) is 4.08. The van der Waals surface area contributed by atoms with Gasteiger partial charge in [-0.1, -0.05) is 18.2 Å². The van der Waals surface area contributed by atoms with E-state index in [0.29, 0.717) is 26.1 Å². The molecule has 0 aliphatic carbocycles. The first kappa shape index (κ1) is 11.6. The quantitative estimate of drug-likeness (QED) is 0.790. The second kappa shape index (κ2) is 4.98. The molecule has 1 fully saturated rings. The normalized spacial score (nSPS) is 18.1. The fraction of sp³-hybridized carbons (Fsp3) is 0.385. The summed E-state index contributed by atoms with van der Waals surface area (Å²) in [4.78, 5) is 15.7. The first-order valence-corrected chi connectivity index (χ1v) is 5.60. The van der Waals surface area contributed by atoms with Crippen LogP contribution in [-0.2, 0) is 9.53 Å². The predicted molar refractivity (Wildman–Crippen MR) is 64.5 cm³/mol. The molecule has 1 N–H and O–H groups in total. The summed E-state index contributed by atoms with van der Waals surface area (Å²) in [5.41, 5.74) is -0.222. The van der Waals surface area contributed by atoms with Gasteiger partial charge in [-0.2, -0.15) is 0 Å². The molecule has 1 heterocycles. The van der Waals surface area contributed by atoms with Crippen molar-refractivity contribution in [1.82, 2.24) is 0 Å². The number of carbonyl (C=O) groups is 1. The van der Waals surface area contributed by atoms with Crippen molar-refractivity contribution in [2.24, 2.45) is 0 Å². The van der Waals surface area contributed by atoms with Crippen LogP contribution < -0.4 is 5.32 Å². The van der Waals surface area contributed by atoms with Crippen molar-refractivity contribution < 1.29 is 9.53 Å². The Kier molecular flexibility index (Phi) is 3.40. The summed E-state index contributed by atoms with van der Waals surface area (Å²) in [6.45, 7) is 8.20. The number of hydrogen-bond acceptors (Lipinski definition) is 2. The maximum atomic E-state index is 12.1. The van der Waals surface area contributed by atoms with Crippen LogP contribution in [0.3, 0.4) is 0 Å². The van der Waals surface area contributed by atoms with Crippen molar-refractivity contribution in [1.29, 1.82) is 0 Å². The van der Waals surface area contributed by atoms with E-state index in [-0.39, 0.29) is 5.91 Å². The Labute approximate surface area is 100 Å². The van der Waals surface area contributed by atoms with Crippen molar-refractivity contribution in [3.63, 3.8) is 0 Å². The molecule has 0 spiro atoms. The Morgan fingerprint density at radius 3 is 2.53 bits per heavy atom. The summed E-state index contributed by atoms with van der Waals surface area (Å²) < 4.78 is 5.20. The zero-order chi connectivity index (χ0) is 12.1. The Morgan fingerprint density at radius 2 is 1.94 bits per heavy atom. The smallest absolute Gasteiger partial charge is 0.313 e. The molecule has 1 saturated heterocycles. The third-order valence-electron chi connectivity index (χ3n) is 2.99. The van der Waals surface area contributed by atoms with E-state index in [4.69, 9.17) is 11.3 Å². The van der Waals surface area contributed by atoms with Gasteiger partial charge in [-0.05, 0) is 12.1 Å². The minimum absolute atomic E-state index is 0.220. The van der Waals surface area contributed by atoms with Crippen LogP contribution in [-0.4, -0.2) is 24.7 Å². The maximum absolute atomic E-state index is 12.1. The van der Waals surface area contributed by atoms with Crippen LogP contribution in [0.1, 0.15) is 12.8 Å². The maximum Gasteiger partial charge on any atom is 0.313 e. The highest BCUT2D eigenvalue weighted by Crippen LogP contribution is 2.27. The molecule has 0 unspecified atom stereocenters. The monoisotopic (exact) mass is 230 g/mol. The minimum Gasteiger partial charge on any atom is -0.381 e. The number of benzene rings is 1. The van der Waals surface area contributed by atoms with Gasteiger partial charge in [0, 0.05) is 5.69 Å². The Bertz CT molecular complexity index is 430. The number of hydrogen-bond donors (Lipinski definition) is 1. The summed E-state index contributed by atoms with van der Waals surface area (Å²) in [5.74, 6) is -0.220. The molecule has 0 saturated carbocycles. The summed E-state index contributed by atoms with van der Waals surface area (Å²) in [6, 6.07) is 9.21. The van der Waals surface area contributed by atoms with Gasteiger partial charge in [-0.15, -0.1) is 0 Å². The number of nitrogens with zero attached hydrogens (tertiary/aromatic N) is 1. The van der Waals surface area contributed by atoms with Gasteiger partial charge in [0.2, 0.25) is 0 Å². The van der Waals surface area contributed by atoms with E-state index in [9.17, 15) is 4.79 Å². The number of rotatable bonds is 2. The molecular weight excluding hydrogens is 216 g/mol. The lowest BCUT2D eigenvalue weighted by molar-refractivity contribution is -0.122. The van der Waals surface area contributed by atoms with Crippen molar-refractivity contribution in [3.8, 4) is 0 Å². The fourth-order valence-electron chi connectivity index (χ4n) is 1.87. The minimum atomic E-state index is -0.950. The van der Waals surface area contributed by atoms with E-state index >= 15 is 0 Å². The van der Waals surface area contributed by atoms with Gasteiger partial charge in [0.25, 0.3) is 0 Å². The van der Waals surface area contributed by atoms with Crippen LogP contribution in [0, 0.1) is 6.57 Å². The third kappa shape index (κ3) is 2.45. The Morgan fingerprint density at radius 1 is 1.29 bits per heavy atom. The molecule has 1 aliphatic heterocycles. The van der Waals surface area contributed by atoms with Crippen LogP contribution in [0.4, 0.5) is 5.69 Å². The van der Waals surface area contributed by atoms with Crippen LogP contribution in [0.25, 0.3) is 4.85 Å². The predicted octanol–water partition coefficient (Wildman–Crippen LogP) is 2.09. The number of amides is 1. The van der Waals surface area contributed by atoms with Crippen LogP contribution in [0.5, 0.6) is 0 Å². The number of anilines is 1. The Balaban J connectivity index is 2.11. The molecule has 88 valence electrons. The first-order chi connectivity index (χ1) is 8.27. The van der Waals surface area contributed by atoms with Gasteiger partial charge >= 0.3 is 11.4 Å². The van der Waals surface area contributed by atoms with Gasteiger partial charge in [-0.3, -0.25) is 9.64 Å². The van der Waals surface area contributed by atoms with E-state index in [0.717, 1.165) is 5.69 Å². The lowest BCUT2D eigenvalue weighted by atomic mass is 9.90. The van der Waals surface area contributed by atoms with E-state index in [1.54, 1.807) is 0 Å². The molecule has 1 aromatic carbocycles. The number of nitrogens with one attached hydrogen (secondary N) is 1. The molecule has 1 amide bonds. The van der Waals surface area contributed by atoms with Crippen molar-refractivity contribution >= 4 is 11.6 Å². The van der Waals surface area contributed by atoms with Crippen LogP contribution in [0.15, 0.2) is 30.3 Å². The highest BCUT2D eigenvalue weighted by molar-refractivity contribution is 5.99. The topological polar surface area (TPSA) is 42.7 Å². The zero-order valence-electron chi connectivity index (χ0n) is 9.48. The highest BCUT2D eigenvalue weighted by Gasteiger charge is 2.46. The standard InChI is InChI=1S/C13H14N2O2/c1-14-13(7-9-17-10-8-13)12(16)15-11-5-3-2-4-6-11/h2-6H,7-10H2,(H,15,16). The first-order valence-electron chi connectivity index (χ1n) is 5.60. The molecule has 1 aliphatic rings. The Hall–Kier alpha value is -1.86. The number of ether oxygens (including phenoxy) is 1. The van der Waals surface area contributed by atoms with Crippen molar-refractivity contribution in [2.75, 3.05) is 18.5 Å². The molecule has 2 rings (SSSR count). The summed E-state index contributed by atoms with van der Waals surface area (Å²) in [5, 5.41) is 2.80. The molecule has 0 aromatic heterocycles. The highest BCUT2D eigenvalue weighted by atomic mass is 16.5. The van der Waals surface area contributed by atoms with Gasteiger partial charge < -0.3 is 10.1 Å². The fourth-order valence-corrected chi connectivity index (χ4v) is 1.87. The summed E-state index contributed by atoms with van der Waals surface area (Å²) in [7, 11) is 0. The molecule has 4 heteroatoms. The average Bonchev–Trinajstić information content (AvgIpc) is 2.40. The summed E-state index contributed by atoms with van der Waals surface area (Å²) >= 11 is 0. The molecule has 0 atom stereocenters. The molecule has 4 nitrogen and oxygen atoms in total. The van der Waals surface area contributed by atoms with Gasteiger partial charge in [0.15, 0.2) is 0 Å². The summed E-state index contributed by atoms with van der Waals surface area (Å²) in [6.07, 6.45) is 0.935. The van der Waals surface area contributed by atoms with E-state index in [2.05, 4.69) is 10.2 Å². The van der Waals surface area contributed by atoms with Gasteiger partial charge in [-0.25, -0.2) is 6.57 Å². The van der Waals surface area contributed by atoms with E-state index in [1.165, 1.54) is 0 Å². The lowest BCUT2D eigenvalue weighted by Crippen LogP contribution is -2.44. The second-order valence-corrected chi connectivity index (χ2v) is 4.08. The molecule has 0 radical (unpaired) electrons. The van der Waals surface area contributed by atoms with Crippen LogP contribution in [0.2, 0.25) is 0 Å². The SMILES string of the molecule is [C-]#[N+]C1(C(=O)Nc2ccccc2)CCOCC1.